The Labute approximate surface area is 144 Å². The Kier molecular flexibility index (Phi) is 4.88. The van der Waals surface area contributed by atoms with Crippen molar-refractivity contribution in [1.82, 2.24) is 20.1 Å². The van der Waals surface area contributed by atoms with Crippen molar-refractivity contribution in [3.63, 3.8) is 0 Å². The van der Waals surface area contributed by atoms with Gasteiger partial charge in [0, 0.05) is 6.20 Å². The third-order valence-electron chi connectivity index (χ3n) is 3.06. The number of halogens is 3. The Hall–Kier alpha value is -2.62. The van der Waals surface area contributed by atoms with E-state index in [0.717, 1.165) is 24.0 Å². The number of methoxy groups -OCH3 is 1. The maximum atomic E-state index is 12.6. The summed E-state index contributed by atoms with van der Waals surface area (Å²) in [6, 6.07) is 7.97. The molecule has 25 heavy (non-hydrogen) atoms. The average Bonchev–Trinajstić information content (AvgIpc) is 3.08. The van der Waals surface area contributed by atoms with Crippen LogP contribution in [0.5, 0.6) is 5.75 Å². The highest BCUT2D eigenvalue weighted by atomic mass is 32.2. The average molecular weight is 368 g/mol. The molecule has 130 valence electrons. The number of para-hydroxylation sites is 1. The molecule has 0 unspecified atom stereocenters. The van der Waals surface area contributed by atoms with Gasteiger partial charge in [-0.05, 0) is 18.2 Å². The second-order valence-corrected chi connectivity index (χ2v) is 5.67. The van der Waals surface area contributed by atoms with Gasteiger partial charge in [0.05, 0.1) is 18.4 Å². The topological polar surface area (TPSA) is 73.9 Å². The van der Waals surface area contributed by atoms with Gasteiger partial charge in [-0.3, -0.25) is 0 Å². The van der Waals surface area contributed by atoms with Crippen molar-refractivity contribution in [1.29, 1.82) is 0 Å². The second kappa shape index (κ2) is 7.09. The van der Waals surface area contributed by atoms with Gasteiger partial charge in [0.15, 0.2) is 5.16 Å². The van der Waals surface area contributed by atoms with Gasteiger partial charge in [-0.25, -0.2) is 9.97 Å². The van der Waals surface area contributed by atoms with E-state index < -0.39 is 11.9 Å². The Morgan fingerprint density at radius 3 is 2.72 bits per heavy atom. The smallest absolute Gasteiger partial charge is 0.433 e. The van der Waals surface area contributed by atoms with E-state index in [1.165, 1.54) is 7.11 Å². The summed E-state index contributed by atoms with van der Waals surface area (Å²) in [7, 11) is 1.53. The molecule has 3 aromatic rings. The Morgan fingerprint density at radius 1 is 1.16 bits per heavy atom. The third kappa shape index (κ3) is 4.08. The second-order valence-electron chi connectivity index (χ2n) is 4.72. The lowest BCUT2D eigenvalue weighted by Crippen LogP contribution is -2.08. The number of ether oxygens (including phenoxy) is 1. The molecule has 0 amide bonds. The minimum atomic E-state index is -4.51. The van der Waals surface area contributed by atoms with Gasteiger partial charge in [-0.2, -0.15) is 18.2 Å². The summed E-state index contributed by atoms with van der Waals surface area (Å²) in [5, 5.41) is 3.84. The number of benzene rings is 1. The van der Waals surface area contributed by atoms with E-state index in [4.69, 9.17) is 9.26 Å². The van der Waals surface area contributed by atoms with E-state index in [-0.39, 0.29) is 16.8 Å². The maximum absolute atomic E-state index is 12.6. The molecule has 6 nitrogen and oxygen atoms in total. The number of nitrogens with zero attached hydrogens (tertiary/aromatic N) is 4. The van der Waals surface area contributed by atoms with Crippen LogP contribution in [0.25, 0.3) is 11.4 Å². The number of alkyl halides is 3. The van der Waals surface area contributed by atoms with Gasteiger partial charge >= 0.3 is 6.18 Å². The Morgan fingerprint density at radius 2 is 1.96 bits per heavy atom. The quantitative estimate of drug-likeness (QED) is 0.500. The molecule has 0 aliphatic rings. The zero-order chi connectivity index (χ0) is 17.9. The molecule has 2 heterocycles. The van der Waals surface area contributed by atoms with Gasteiger partial charge in [0.1, 0.15) is 11.4 Å². The van der Waals surface area contributed by atoms with Crippen LogP contribution in [-0.4, -0.2) is 27.2 Å². The predicted molar refractivity (Wildman–Crippen MR) is 82.9 cm³/mol. The van der Waals surface area contributed by atoms with E-state index in [1.54, 1.807) is 18.2 Å². The minimum absolute atomic E-state index is 0.0214. The zero-order valence-corrected chi connectivity index (χ0v) is 13.6. The molecule has 0 saturated carbocycles. The van der Waals surface area contributed by atoms with Crippen LogP contribution in [0.15, 0.2) is 46.2 Å². The fraction of sp³-hybridized carbons (Fsp3) is 0.200. The summed E-state index contributed by atoms with van der Waals surface area (Å²) in [4.78, 5) is 11.5. The van der Waals surface area contributed by atoms with E-state index in [1.807, 2.05) is 6.07 Å². The van der Waals surface area contributed by atoms with Crippen molar-refractivity contribution in [3.8, 4) is 17.1 Å². The van der Waals surface area contributed by atoms with Crippen LogP contribution in [0.3, 0.4) is 0 Å². The fourth-order valence-electron chi connectivity index (χ4n) is 1.95. The van der Waals surface area contributed by atoms with Crippen molar-refractivity contribution in [2.75, 3.05) is 7.11 Å². The number of rotatable bonds is 5. The third-order valence-corrected chi connectivity index (χ3v) is 3.91. The number of thioether (sulfide) groups is 1. The molecule has 0 atom stereocenters. The normalized spacial score (nSPS) is 11.5. The van der Waals surface area contributed by atoms with Crippen LogP contribution in [0.1, 0.15) is 11.6 Å². The molecule has 10 heteroatoms. The molecule has 0 aliphatic carbocycles. The first kappa shape index (κ1) is 17.2. The molecular formula is C15H11F3N4O2S. The molecule has 0 aliphatic heterocycles. The zero-order valence-electron chi connectivity index (χ0n) is 12.8. The number of aromatic nitrogens is 4. The van der Waals surface area contributed by atoms with Crippen LogP contribution in [0.4, 0.5) is 13.2 Å². The van der Waals surface area contributed by atoms with E-state index >= 15 is 0 Å². The van der Waals surface area contributed by atoms with Gasteiger partial charge in [0.2, 0.25) is 11.7 Å². The lowest BCUT2D eigenvalue weighted by atomic mass is 10.2. The summed E-state index contributed by atoms with van der Waals surface area (Å²) in [5.74, 6) is 1.30. The van der Waals surface area contributed by atoms with E-state index in [0.29, 0.717) is 17.1 Å². The standard InChI is InChI=1S/C15H11F3N4O2S/c1-23-10-5-3-2-4-9(10)13-21-12(24-22-13)8-25-14-19-7-6-11(20-14)15(16,17)18/h2-7H,8H2,1H3. The van der Waals surface area contributed by atoms with E-state index in [2.05, 4.69) is 20.1 Å². The molecule has 0 spiro atoms. The molecule has 2 aromatic heterocycles. The highest BCUT2D eigenvalue weighted by Crippen LogP contribution is 2.30. The molecule has 3 rings (SSSR count). The van der Waals surface area contributed by atoms with Crippen molar-refractivity contribution in [2.24, 2.45) is 0 Å². The molecule has 0 saturated heterocycles. The van der Waals surface area contributed by atoms with Gasteiger partial charge in [-0.15, -0.1) is 0 Å². The monoisotopic (exact) mass is 368 g/mol. The highest BCUT2D eigenvalue weighted by molar-refractivity contribution is 7.98. The first-order chi connectivity index (χ1) is 12.0. The van der Waals surface area contributed by atoms with Crippen LogP contribution in [0.2, 0.25) is 0 Å². The van der Waals surface area contributed by atoms with Crippen LogP contribution in [-0.2, 0) is 11.9 Å². The summed E-state index contributed by atoms with van der Waals surface area (Å²) in [6.07, 6.45) is -3.45. The van der Waals surface area contributed by atoms with Crippen molar-refractivity contribution >= 4 is 11.8 Å². The molecular weight excluding hydrogens is 357 g/mol. The lowest BCUT2D eigenvalue weighted by molar-refractivity contribution is -0.141. The maximum Gasteiger partial charge on any atom is 0.433 e. The van der Waals surface area contributed by atoms with Crippen molar-refractivity contribution < 1.29 is 22.4 Å². The first-order valence-corrected chi connectivity index (χ1v) is 7.95. The van der Waals surface area contributed by atoms with Crippen molar-refractivity contribution in [3.05, 3.63) is 48.1 Å². The van der Waals surface area contributed by atoms with Gasteiger partial charge in [-0.1, -0.05) is 29.1 Å². The minimum Gasteiger partial charge on any atom is -0.496 e. The summed E-state index contributed by atoms with van der Waals surface area (Å²) < 4.78 is 48.3. The molecule has 0 bridgehead atoms. The highest BCUT2D eigenvalue weighted by Gasteiger charge is 2.32. The van der Waals surface area contributed by atoms with Gasteiger partial charge in [0.25, 0.3) is 0 Å². The van der Waals surface area contributed by atoms with E-state index in [9.17, 15) is 13.2 Å². The Bertz CT molecular complexity index is 870. The lowest BCUT2D eigenvalue weighted by Gasteiger charge is -2.05. The number of hydrogen-bond donors (Lipinski definition) is 0. The Balaban J connectivity index is 1.72. The summed E-state index contributed by atoms with van der Waals surface area (Å²) >= 11 is 0.973. The van der Waals surface area contributed by atoms with Crippen LogP contribution >= 0.6 is 11.8 Å². The number of hydrogen-bond acceptors (Lipinski definition) is 7. The first-order valence-electron chi connectivity index (χ1n) is 6.96. The SMILES string of the molecule is COc1ccccc1-c1noc(CSc2nccc(C(F)(F)F)n2)n1. The van der Waals surface area contributed by atoms with Gasteiger partial charge < -0.3 is 9.26 Å². The van der Waals surface area contributed by atoms with Crippen molar-refractivity contribution in [2.45, 2.75) is 17.1 Å². The molecule has 1 aromatic carbocycles. The molecule has 0 fully saturated rings. The molecule has 0 N–H and O–H groups in total. The largest absolute Gasteiger partial charge is 0.496 e. The predicted octanol–water partition coefficient (Wildman–Crippen LogP) is 3.85. The molecule has 0 radical (unpaired) electrons. The van der Waals surface area contributed by atoms with Crippen LogP contribution < -0.4 is 4.74 Å². The summed E-state index contributed by atoms with van der Waals surface area (Å²) in [5.41, 5.74) is -0.342. The fourth-order valence-corrected chi connectivity index (χ4v) is 2.61. The van der Waals surface area contributed by atoms with Crippen LogP contribution in [0, 0.1) is 0 Å². The summed E-state index contributed by atoms with van der Waals surface area (Å²) in [6.45, 7) is 0.